The number of rotatable bonds is 5. The first-order valence-electron chi connectivity index (χ1n) is 10.7. The van der Waals surface area contributed by atoms with Gasteiger partial charge in [-0.05, 0) is 48.9 Å². The van der Waals surface area contributed by atoms with Crippen molar-refractivity contribution in [2.24, 2.45) is 0 Å². The number of fused-ring (bicyclic) bond motifs is 1. The third-order valence-electron chi connectivity index (χ3n) is 5.70. The number of benzene rings is 3. The Hall–Kier alpha value is -3.62. The second kappa shape index (κ2) is 9.11. The maximum Gasteiger partial charge on any atom is 0.432 e. The largest absolute Gasteiger partial charge is 0.432 e. The molecular weight excluding hydrogens is 514 g/mol. The molecule has 182 valence electrons. The summed E-state index contributed by atoms with van der Waals surface area (Å²) < 4.78 is 50.2. The number of ketones is 1. The lowest BCUT2D eigenvalue weighted by molar-refractivity contribution is -0.143. The Morgan fingerprint density at radius 1 is 1.00 bits per heavy atom. The summed E-state index contributed by atoms with van der Waals surface area (Å²) >= 11 is 12.2. The summed E-state index contributed by atoms with van der Waals surface area (Å²) in [5, 5.41) is 8.31. The van der Waals surface area contributed by atoms with E-state index in [4.69, 9.17) is 27.6 Å². The van der Waals surface area contributed by atoms with Gasteiger partial charge in [0.05, 0.1) is 5.56 Å². The van der Waals surface area contributed by atoms with Gasteiger partial charge in [0.2, 0.25) is 5.89 Å². The molecule has 36 heavy (non-hydrogen) atoms. The average molecular weight is 530 g/mol. The maximum absolute atomic E-state index is 14.6. The third-order valence-corrected chi connectivity index (χ3v) is 6.28. The molecule has 3 aromatic carbocycles. The number of aromatic nitrogens is 3. The topological polar surface area (TPSA) is 60.9 Å². The van der Waals surface area contributed by atoms with Gasteiger partial charge in [-0.2, -0.15) is 13.2 Å². The predicted molar refractivity (Wildman–Crippen MR) is 130 cm³/mol. The summed E-state index contributed by atoms with van der Waals surface area (Å²) in [5.74, 6) is -1.53. The minimum absolute atomic E-state index is 0.0281. The lowest BCUT2D eigenvalue weighted by Gasteiger charge is -2.15. The molecule has 0 fully saturated rings. The molecule has 2 heterocycles. The zero-order chi connectivity index (χ0) is 25.6. The molecule has 5 rings (SSSR count). The van der Waals surface area contributed by atoms with Crippen LogP contribution >= 0.6 is 23.2 Å². The van der Waals surface area contributed by atoms with Crippen LogP contribution < -0.4 is 0 Å². The summed E-state index contributed by atoms with van der Waals surface area (Å²) in [6.07, 6.45) is -4.88. The fourth-order valence-corrected chi connectivity index (χ4v) is 4.57. The summed E-state index contributed by atoms with van der Waals surface area (Å²) in [5.41, 5.74) is 0.156. The van der Waals surface area contributed by atoms with E-state index in [-0.39, 0.29) is 28.4 Å². The normalized spacial score (nSPS) is 11.8. The zero-order valence-corrected chi connectivity index (χ0v) is 20.1. The molecule has 0 amide bonds. The van der Waals surface area contributed by atoms with Crippen LogP contribution in [0.15, 0.2) is 71.1 Å². The van der Waals surface area contributed by atoms with E-state index in [0.29, 0.717) is 21.7 Å². The highest BCUT2D eigenvalue weighted by Crippen LogP contribution is 2.40. The van der Waals surface area contributed by atoms with E-state index in [1.54, 1.807) is 61.5 Å². The molecule has 0 aliphatic heterocycles. The van der Waals surface area contributed by atoms with Crippen molar-refractivity contribution >= 4 is 39.9 Å². The molecule has 0 N–H and O–H groups in total. The van der Waals surface area contributed by atoms with Crippen LogP contribution in [-0.4, -0.2) is 20.5 Å². The highest BCUT2D eigenvalue weighted by molar-refractivity contribution is 6.35. The number of halogens is 5. The molecule has 2 aromatic heterocycles. The van der Waals surface area contributed by atoms with Crippen LogP contribution in [0.2, 0.25) is 10.0 Å². The fourth-order valence-electron chi connectivity index (χ4n) is 4.10. The molecule has 10 heteroatoms. The van der Waals surface area contributed by atoms with Crippen molar-refractivity contribution in [1.29, 1.82) is 0 Å². The third kappa shape index (κ3) is 4.38. The number of aryl methyl sites for hydroxylation is 1. The Bertz CT molecular complexity index is 1610. The van der Waals surface area contributed by atoms with Gasteiger partial charge in [-0.15, -0.1) is 10.2 Å². The number of carbonyl (C=O) groups excluding carboxylic acids is 1. The first kappa shape index (κ1) is 24.1. The lowest BCUT2D eigenvalue weighted by Crippen LogP contribution is -2.19. The minimum atomic E-state index is -4.88. The molecule has 5 aromatic rings. The van der Waals surface area contributed by atoms with E-state index < -0.39 is 29.1 Å². The van der Waals surface area contributed by atoms with Crippen LogP contribution in [0, 0.1) is 6.92 Å². The van der Waals surface area contributed by atoms with Crippen molar-refractivity contribution in [3.05, 3.63) is 105 Å². The monoisotopic (exact) mass is 529 g/mol. The van der Waals surface area contributed by atoms with Crippen LogP contribution in [0.3, 0.4) is 0 Å². The van der Waals surface area contributed by atoms with E-state index >= 15 is 0 Å². The van der Waals surface area contributed by atoms with Gasteiger partial charge in [0.1, 0.15) is 5.69 Å². The standard InChI is InChI=1S/C26H16Cl2F3N3O2/c1-14-7-10-20-18(11-14)21(22(35)25-33-32-24(36-25)15-5-3-2-4-6-15)23(26(29,30)31)34(20)13-16-8-9-17(27)12-19(16)28/h2-12H,13H2,1H3. The van der Waals surface area contributed by atoms with Crippen LogP contribution in [0.25, 0.3) is 22.4 Å². The number of hydrogen-bond donors (Lipinski definition) is 0. The molecule has 0 saturated carbocycles. The second-order valence-corrected chi connectivity index (χ2v) is 9.01. The number of hydrogen-bond acceptors (Lipinski definition) is 4. The Labute approximate surface area is 213 Å². The lowest BCUT2D eigenvalue weighted by atomic mass is 10.0. The van der Waals surface area contributed by atoms with Gasteiger partial charge in [-0.1, -0.05) is 59.1 Å². The number of carbonyl (C=O) groups is 1. The summed E-state index contributed by atoms with van der Waals surface area (Å²) in [6.45, 7) is 1.49. The predicted octanol–water partition coefficient (Wildman–Crippen LogP) is 7.60. The Morgan fingerprint density at radius 2 is 1.75 bits per heavy atom. The molecule has 0 aliphatic rings. The SMILES string of the molecule is Cc1ccc2c(c1)c(C(=O)c1nnc(-c3ccccc3)o1)c(C(F)(F)F)n2Cc1ccc(Cl)cc1Cl. The highest BCUT2D eigenvalue weighted by Gasteiger charge is 2.42. The van der Waals surface area contributed by atoms with Crippen LogP contribution in [0.5, 0.6) is 0 Å². The molecular formula is C26H16Cl2F3N3O2. The molecule has 0 unspecified atom stereocenters. The van der Waals surface area contributed by atoms with Gasteiger partial charge >= 0.3 is 6.18 Å². The molecule has 0 radical (unpaired) electrons. The first-order valence-corrected chi connectivity index (χ1v) is 11.5. The van der Waals surface area contributed by atoms with Gasteiger partial charge < -0.3 is 8.98 Å². The van der Waals surface area contributed by atoms with Crippen molar-refractivity contribution in [2.75, 3.05) is 0 Å². The average Bonchev–Trinajstić information content (AvgIpc) is 3.44. The van der Waals surface area contributed by atoms with E-state index in [2.05, 4.69) is 10.2 Å². The second-order valence-electron chi connectivity index (χ2n) is 8.17. The summed E-state index contributed by atoms with van der Waals surface area (Å²) in [4.78, 5) is 13.5. The molecule has 0 bridgehead atoms. The number of alkyl halides is 3. The Kier molecular flexibility index (Phi) is 6.10. The fraction of sp³-hybridized carbons (Fsp3) is 0.115. The van der Waals surface area contributed by atoms with Gasteiger partial charge in [0, 0.05) is 33.1 Å². The minimum Gasteiger partial charge on any atom is -0.413 e. The van der Waals surface area contributed by atoms with E-state index in [9.17, 15) is 18.0 Å². The van der Waals surface area contributed by atoms with Crippen LogP contribution in [0.1, 0.15) is 33.1 Å². The molecule has 0 spiro atoms. The van der Waals surface area contributed by atoms with Crippen molar-refractivity contribution in [3.8, 4) is 11.5 Å². The summed E-state index contributed by atoms with van der Waals surface area (Å²) in [6, 6.07) is 17.9. The number of nitrogens with zero attached hydrogens (tertiary/aromatic N) is 3. The quantitative estimate of drug-likeness (QED) is 0.220. The van der Waals surface area contributed by atoms with E-state index in [0.717, 1.165) is 4.57 Å². The highest BCUT2D eigenvalue weighted by atomic mass is 35.5. The van der Waals surface area contributed by atoms with Gasteiger partial charge in [0.25, 0.3) is 11.7 Å². The molecule has 0 aliphatic carbocycles. The van der Waals surface area contributed by atoms with Gasteiger partial charge in [0.15, 0.2) is 0 Å². The van der Waals surface area contributed by atoms with Gasteiger partial charge in [-0.3, -0.25) is 4.79 Å². The van der Waals surface area contributed by atoms with Crippen LogP contribution in [-0.2, 0) is 12.7 Å². The Morgan fingerprint density at radius 3 is 2.44 bits per heavy atom. The molecule has 5 nitrogen and oxygen atoms in total. The van der Waals surface area contributed by atoms with E-state index in [1.165, 1.54) is 12.1 Å². The molecule has 0 atom stereocenters. The van der Waals surface area contributed by atoms with Crippen molar-refractivity contribution in [2.45, 2.75) is 19.6 Å². The van der Waals surface area contributed by atoms with Gasteiger partial charge in [-0.25, -0.2) is 0 Å². The van der Waals surface area contributed by atoms with E-state index in [1.807, 2.05) is 0 Å². The zero-order valence-electron chi connectivity index (χ0n) is 18.6. The van der Waals surface area contributed by atoms with Crippen molar-refractivity contribution < 1.29 is 22.4 Å². The maximum atomic E-state index is 14.6. The van der Waals surface area contributed by atoms with Crippen molar-refractivity contribution in [1.82, 2.24) is 14.8 Å². The van der Waals surface area contributed by atoms with Crippen LogP contribution in [0.4, 0.5) is 13.2 Å². The summed E-state index contributed by atoms with van der Waals surface area (Å²) in [7, 11) is 0. The van der Waals surface area contributed by atoms with Crippen molar-refractivity contribution in [3.63, 3.8) is 0 Å². The Balaban J connectivity index is 1.71. The first-order chi connectivity index (χ1) is 17.1. The molecule has 0 saturated heterocycles. The smallest absolute Gasteiger partial charge is 0.413 e.